The van der Waals surface area contributed by atoms with Gasteiger partial charge in [0.15, 0.2) is 6.10 Å². The highest BCUT2D eigenvalue weighted by Gasteiger charge is 2.49. The minimum atomic E-state index is -4.54. The molecule has 1 unspecified atom stereocenters. The summed E-state index contributed by atoms with van der Waals surface area (Å²) in [5, 5.41) is 2.69. The van der Waals surface area contributed by atoms with Crippen LogP contribution in [0.15, 0.2) is 35.1 Å². The Kier molecular flexibility index (Phi) is 4.90. The number of carbonyl (C=O) groups is 1. The SMILES string of the molecule is Cc1c(NC(=O)N2CC(C(F)(F)F)OC(C)(C)C2)cccc1-c1ncco1. The smallest absolute Gasteiger partial charge is 0.416 e. The minimum absolute atomic E-state index is 0.0455. The molecule has 1 atom stereocenters. The summed E-state index contributed by atoms with van der Waals surface area (Å²) >= 11 is 0. The van der Waals surface area contributed by atoms with E-state index in [4.69, 9.17) is 9.15 Å². The zero-order valence-corrected chi connectivity index (χ0v) is 15.1. The Bertz CT molecular complexity index is 819. The number of urea groups is 1. The fourth-order valence-corrected chi connectivity index (χ4v) is 3.06. The van der Waals surface area contributed by atoms with Gasteiger partial charge in [-0.1, -0.05) is 6.07 Å². The highest BCUT2D eigenvalue weighted by Crippen LogP contribution is 2.32. The zero-order chi connectivity index (χ0) is 19.8. The van der Waals surface area contributed by atoms with Gasteiger partial charge in [0.1, 0.15) is 6.26 Å². The first kappa shape index (κ1) is 19.2. The van der Waals surface area contributed by atoms with Crippen LogP contribution in [0.25, 0.3) is 11.5 Å². The molecule has 27 heavy (non-hydrogen) atoms. The number of rotatable bonds is 2. The van der Waals surface area contributed by atoms with Crippen molar-refractivity contribution < 1.29 is 27.1 Å². The number of oxazole rings is 1. The number of anilines is 1. The van der Waals surface area contributed by atoms with E-state index in [0.29, 0.717) is 22.7 Å². The molecule has 1 N–H and O–H groups in total. The number of amides is 2. The Labute approximate surface area is 154 Å². The van der Waals surface area contributed by atoms with Crippen LogP contribution in [-0.2, 0) is 4.74 Å². The molecule has 0 bridgehead atoms. The average molecular weight is 383 g/mol. The molecule has 3 rings (SSSR count). The summed E-state index contributed by atoms with van der Waals surface area (Å²) in [6, 6.07) is 4.55. The number of nitrogens with one attached hydrogen (secondary N) is 1. The molecule has 1 aliphatic heterocycles. The van der Waals surface area contributed by atoms with Crippen molar-refractivity contribution in [3.8, 4) is 11.5 Å². The van der Waals surface area contributed by atoms with Gasteiger partial charge < -0.3 is 19.4 Å². The van der Waals surface area contributed by atoms with Crippen LogP contribution in [0.4, 0.5) is 23.7 Å². The molecule has 0 spiro atoms. The first-order valence-electron chi connectivity index (χ1n) is 8.37. The molecule has 6 nitrogen and oxygen atoms in total. The third kappa shape index (κ3) is 4.24. The van der Waals surface area contributed by atoms with Crippen LogP contribution >= 0.6 is 0 Å². The molecule has 1 fully saturated rings. The molecule has 2 amide bonds. The molecular formula is C18H20F3N3O3. The fraction of sp³-hybridized carbons (Fsp3) is 0.444. The van der Waals surface area contributed by atoms with Gasteiger partial charge >= 0.3 is 12.2 Å². The van der Waals surface area contributed by atoms with Crippen LogP contribution in [0.1, 0.15) is 19.4 Å². The summed E-state index contributed by atoms with van der Waals surface area (Å²) in [5.74, 6) is 0.397. The molecule has 9 heteroatoms. The first-order chi connectivity index (χ1) is 12.6. The Balaban J connectivity index is 1.80. The van der Waals surface area contributed by atoms with Crippen molar-refractivity contribution in [3.63, 3.8) is 0 Å². The Hall–Kier alpha value is -2.55. The first-order valence-corrected chi connectivity index (χ1v) is 8.37. The van der Waals surface area contributed by atoms with Crippen molar-refractivity contribution in [2.24, 2.45) is 0 Å². The summed E-state index contributed by atoms with van der Waals surface area (Å²) in [7, 11) is 0. The maximum Gasteiger partial charge on any atom is 0.416 e. The second-order valence-corrected chi connectivity index (χ2v) is 7.03. The fourth-order valence-electron chi connectivity index (χ4n) is 3.06. The lowest BCUT2D eigenvalue weighted by Crippen LogP contribution is -2.59. The van der Waals surface area contributed by atoms with Crippen molar-refractivity contribution in [3.05, 3.63) is 36.2 Å². The van der Waals surface area contributed by atoms with E-state index in [0.717, 1.165) is 4.90 Å². The van der Waals surface area contributed by atoms with E-state index in [1.165, 1.54) is 26.3 Å². The number of aromatic nitrogens is 1. The summed E-state index contributed by atoms with van der Waals surface area (Å²) in [5.41, 5.74) is 0.759. The van der Waals surface area contributed by atoms with Gasteiger partial charge in [0.2, 0.25) is 5.89 Å². The molecule has 2 aromatic rings. The number of hydrogen-bond donors (Lipinski definition) is 1. The van der Waals surface area contributed by atoms with Gasteiger partial charge in [-0.05, 0) is 38.5 Å². The highest BCUT2D eigenvalue weighted by atomic mass is 19.4. The van der Waals surface area contributed by atoms with Crippen LogP contribution in [0.5, 0.6) is 0 Å². The van der Waals surface area contributed by atoms with Crippen LogP contribution in [0.3, 0.4) is 0 Å². The van der Waals surface area contributed by atoms with Gasteiger partial charge in [-0.3, -0.25) is 0 Å². The Morgan fingerprint density at radius 2 is 2.11 bits per heavy atom. The monoisotopic (exact) mass is 383 g/mol. The van der Waals surface area contributed by atoms with E-state index in [1.54, 1.807) is 25.1 Å². The topological polar surface area (TPSA) is 67.6 Å². The summed E-state index contributed by atoms with van der Waals surface area (Å²) < 4.78 is 49.7. The summed E-state index contributed by atoms with van der Waals surface area (Å²) in [4.78, 5) is 17.8. The predicted molar refractivity (Wildman–Crippen MR) is 92.3 cm³/mol. The van der Waals surface area contributed by atoms with Gasteiger partial charge in [0, 0.05) is 11.3 Å². The molecule has 1 aromatic heterocycles. The number of hydrogen-bond acceptors (Lipinski definition) is 4. The normalized spacial score (nSPS) is 19.8. The molecule has 146 valence electrons. The standard InChI is InChI=1S/C18H20F3N3O3/c1-11-12(15-22-7-8-26-15)5-4-6-13(11)23-16(25)24-9-14(18(19,20)21)27-17(2,3)10-24/h4-8,14H,9-10H2,1-3H3,(H,23,25). The number of carbonyl (C=O) groups excluding carboxylic acids is 1. The van der Waals surface area contributed by atoms with Crippen molar-refractivity contribution in [2.45, 2.75) is 38.7 Å². The minimum Gasteiger partial charge on any atom is -0.445 e. The van der Waals surface area contributed by atoms with Gasteiger partial charge in [-0.15, -0.1) is 0 Å². The molecule has 1 aromatic carbocycles. The summed E-state index contributed by atoms with van der Waals surface area (Å²) in [6.07, 6.45) is -3.62. The maximum atomic E-state index is 13.1. The van der Waals surface area contributed by atoms with Crippen LogP contribution in [0, 0.1) is 6.92 Å². The number of halogens is 3. The van der Waals surface area contributed by atoms with Gasteiger partial charge in [-0.2, -0.15) is 13.2 Å². The number of morpholine rings is 1. The van der Waals surface area contributed by atoms with E-state index >= 15 is 0 Å². The average Bonchev–Trinajstić information content (AvgIpc) is 3.08. The van der Waals surface area contributed by atoms with E-state index in [1.807, 2.05) is 0 Å². The molecule has 0 aliphatic carbocycles. The molecule has 2 heterocycles. The van der Waals surface area contributed by atoms with Gasteiger partial charge in [-0.25, -0.2) is 9.78 Å². The van der Waals surface area contributed by atoms with Crippen LogP contribution < -0.4 is 5.32 Å². The Morgan fingerprint density at radius 3 is 2.74 bits per heavy atom. The number of ether oxygens (including phenoxy) is 1. The summed E-state index contributed by atoms with van der Waals surface area (Å²) in [6.45, 7) is 4.32. The van der Waals surface area contributed by atoms with E-state index in [9.17, 15) is 18.0 Å². The van der Waals surface area contributed by atoms with Crippen molar-refractivity contribution in [2.75, 3.05) is 18.4 Å². The number of nitrogens with zero attached hydrogens (tertiary/aromatic N) is 2. The number of benzene rings is 1. The third-order valence-electron chi connectivity index (χ3n) is 4.31. The van der Waals surface area contributed by atoms with E-state index in [2.05, 4.69) is 10.3 Å². The molecule has 1 aliphatic rings. The van der Waals surface area contributed by atoms with E-state index in [-0.39, 0.29) is 6.54 Å². The van der Waals surface area contributed by atoms with Gasteiger partial charge in [0.05, 0.1) is 24.9 Å². The van der Waals surface area contributed by atoms with E-state index < -0.39 is 30.5 Å². The lowest BCUT2D eigenvalue weighted by atomic mass is 10.0. The largest absolute Gasteiger partial charge is 0.445 e. The predicted octanol–water partition coefficient (Wildman–Crippen LogP) is 4.22. The second-order valence-electron chi connectivity index (χ2n) is 7.03. The van der Waals surface area contributed by atoms with Crippen molar-refractivity contribution in [1.82, 2.24) is 9.88 Å². The lowest BCUT2D eigenvalue weighted by Gasteiger charge is -2.43. The highest BCUT2D eigenvalue weighted by molar-refractivity contribution is 5.91. The number of alkyl halides is 3. The molecule has 0 radical (unpaired) electrons. The molecular weight excluding hydrogens is 363 g/mol. The van der Waals surface area contributed by atoms with Gasteiger partial charge in [0.25, 0.3) is 0 Å². The van der Waals surface area contributed by atoms with Crippen LogP contribution in [-0.4, -0.2) is 46.9 Å². The van der Waals surface area contributed by atoms with Crippen LogP contribution in [0.2, 0.25) is 0 Å². The zero-order valence-electron chi connectivity index (χ0n) is 15.1. The lowest BCUT2D eigenvalue weighted by molar-refractivity contribution is -0.267. The molecule has 0 saturated carbocycles. The second kappa shape index (κ2) is 6.88. The quantitative estimate of drug-likeness (QED) is 0.843. The maximum absolute atomic E-state index is 13.1. The van der Waals surface area contributed by atoms with Crippen molar-refractivity contribution in [1.29, 1.82) is 0 Å². The Morgan fingerprint density at radius 1 is 1.37 bits per heavy atom. The van der Waals surface area contributed by atoms with Crippen molar-refractivity contribution >= 4 is 11.7 Å². The molecule has 1 saturated heterocycles. The third-order valence-corrected chi connectivity index (χ3v) is 4.31.